The van der Waals surface area contributed by atoms with Crippen LogP contribution in [0, 0.1) is 0 Å². The molecule has 0 unspecified atom stereocenters. The van der Waals surface area contributed by atoms with Crippen LogP contribution >= 0.6 is 12.4 Å². The Morgan fingerprint density at radius 2 is 1.85 bits per heavy atom. The number of imide groups is 1. The van der Waals surface area contributed by atoms with Gasteiger partial charge in [-0.25, -0.2) is 4.79 Å². The number of nitrogens with zero attached hydrogens (tertiary/aromatic N) is 3. The van der Waals surface area contributed by atoms with Crippen molar-refractivity contribution in [3.05, 3.63) is 52.8 Å². The summed E-state index contributed by atoms with van der Waals surface area (Å²) in [5.74, 6) is -0.392. The molecule has 9 nitrogen and oxygen atoms in total. The van der Waals surface area contributed by atoms with Crippen LogP contribution in [0.4, 0.5) is 10.5 Å². The van der Waals surface area contributed by atoms with E-state index < -0.39 is 0 Å². The first kappa shape index (κ1) is 23.0. The highest BCUT2D eigenvalue weighted by Crippen LogP contribution is 2.34. The van der Waals surface area contributed by atoms with Crippen molar-refractivity contribution in [3.63, 3.8) is 0 Å². The summed E-state index contributed by atoms with van der Waals surface area (Å²) in [5, 5.41) is 2.89. The summed E-state index contributed by atoms with van der Waals surface area (Å²) in [7, 11) is 1.61. The number of ether oxygens (including phenoxy) is 1. The van der Waals surface area contributed by atoms with Gasteiger partial charge in [-0.3, -0.25) is 19.4 Å². The van der Waals surface area contributed by atoms with Crippen LogP contribution in [0.1, 0.15) is 22.4 Å². The number of amides is 4. The summed E-state index contributed by atoms with van der Waals surface area (Å²) in [6.45, 7) is 4.45. The van der Waals surface area contributed by atoms with Gasteiger partial charge in [-0.15, -0.1) is 12.4 Å². The molecule has 33 heavy (non-hydrogen) atoms. The van der Waals surface area contributed by atoms with Crippen LogP contribution in [-0.4, -0.2) is 77.4 Å². The Kier molecular flexibility index (Phi) is 6.55. The number of benzene rings is 1. The lowest BCUT2D eigenvalue weighted by Gasteiger charge is -2.25. The number of nitrogens with one attached hydrogen (secondary N) is 2. The summed E-state index contributed by atoms with van der Waals surface area (Å²) in [6.07, 6.45) is 3.81. The summed E-state index contributed by atoms with van der Waals surface area (Å²) in [4.78, 5) is 45.1. The van der Waals surface area contributed by atoms with Crippen LogP contribution < -0.4 is 5.32 Å². The van der Waals surface area contributed by atoms with E-state index in [-0.39, 0.29) is 43.3 Å². The molecule has 0 aliphatic carbocycles. The Labute approximate surface area is 197 Å². The van der Waals surface area contributed by atoms with Crippen molar-refractivity contribution in [2.24, 2.45) is 0 Å². The summed E-state index contributed by atoms with van der Waals surface area (Å²) >= 11 is 0. The monoisotopic (exact) mass is 471 g/mol. The molecular formula is C23H26ClN5O4. The van der Waals surface area contributed by atoms with E-state index in [0.717, 1.165) is 60.9 Å². The van der Waals surface area contributed by atoms with Gasteiger partial charge in [-0.05, 0) is 35.4 Å². The van der Waals surface area contributed by atoms with Crippen LogP contribution in [0.2, 0.25) is 0 Å². The number of hydrogen-bond acceptors (Lipinski definition) is 5. The minimum absolute atomic E-state index is 0. The second kappa shape index (κ2) is 9.38. The van der Waals surface area contributed by atoms with Gasteiger partial charge in [0.25, 0.3) is 11.8 Å². The van der Waals surface area contributed by atoms with Gasteiger partial charge in [-0.1, -0.05) is 6.07 Å². The van der Waals surface area contributed by atoms with Crippen LogP contribution in [-0.2, 0) is 27.4 Å². The number of aromatic amines is 1. The van der Waals surface area contributed by atoms with Gasteiger partial charge < -0.3 is 19.9 Å². The second-order valence-electron chi connectivity index (χ2n) is 8.36. The zero-order valence-corrected chi connectivity index (χ0v) is 19.1. The molecule has 2 saturated heterocycles. The van der Waals surface area contributed by atoms with E-state index in [9.17, 15) is 14.4 Å². The largest absolute Gasteiger partial charge is 0.379 e. The van der Waals surface area contributed by atoms with Crippen molar-refractivity contribution in [1.29, 1.82) is 0 Å². The van der Waals surface area contributed by atoms with E-state index in [2.05, 4.69) is 21.3 Å². The van der Waals surface area contributed by atoms with Gasteiger partial charge in [-0.2, -0.15) is 0 Å². The lowest BCUT2D eigenvalue weighted by atomic mass is 10.0. The van der Waals surface area contributed by atoms with Crippen molar-refractivity contribution < 1.29 is 19.1 Å². The van der Waals surface area contributed by atoms with Gasteiger partial charge in [0.05, 0.1) is 25.3 Å². The fourth-order valence-electron chi connectivity index (χ4n) is 4.29. The van der Waals surface area contributed by atoms with E-state index in [0.29, 0.717) is 5.57 Å². The van der Waals surface area contributed by atoms with Crippen LogP contribution in [0.3, 0.4) is 0 Å². The number of rotatable bonds is 5. The standard InChI is InChI=1S/C23H25N5O4.ClH/c1-26-14-21(29)28(23(26)31)13-15-2-3-20-18(9-15)19(22(30)25-20)10-17-8-16(11-24-17)12-27-4-6-32-7-5-27;/h2-3,8-11,24H,4-7,12-14H2,1H3,(H,25,30);1H/b19-10-;. The molecule has 1 aromatic heterocycles. The number of H-pyrrole nitrogens is 1. The minimum atomic E-state index is -0.306. The van der Waals surface area contributed by atoms with Gasteiger partial charge in [0.1, 0.15) is 6.54 Å². The van der Waals surface area contributed by atoms with Crippen molar-refractivity contribution in [2.75, 3.05) is 45.2 Å². The molecule has 2 fully saturated rings. The Hall–Kier alpha value is -3.14. The van der Waals surface area contributed by atoms with Crippen molar-refractivity contribution in [1.82, 2.24) is 19.7 Å². The van der Waals surface area contributed by atoms with Gasteiger partial charge in [0, 0.05) is 49.8 Å². The van der Waals surface area contributed by atoms with Crippen LogP contribution in [0.25, 0.3) is 11.6 Å². The fraction of sp³-hybridized carbons (Fsp3) is 0.348. The highest BCUT2D eigenvalue weighted by atomic mass is 35.5. The molecule has 174 valence electrons. The Morgan fingerprint density at radius 3 is 2.58 bits per heavy atom. The maximum absolute atomic E-state index is 12.6. The number of urea groups is 1. The fourth-order valence-corrected chi connectivity index (χ4v) is 4.29. The first-order valence-electron chi connectivity index (χ1n) is 10.7. The first-order valence-corrected chi connectivity index (χ1v) is 10.7. The zero-order valence-electron chi connectivity index (χ0n) is 18.3. The van der Waals surface area contributed by atoms with Gasteiger partial charge in [0.2, 0.25) is 0 Å². The van der Waals surface area contributed by atoms with E-state index in [1.54, 1.807) is 7.05 Å². The topological polar surface area (TPSA) is 98.0 Å². The Morgan fingerprint density at radius 1 is 1.06 bits per heavy atom. The maximum atomic E-state index is 12.6. The molecule has 0 saturated carbocycles. The minimum Gasteiger partial charge on any atom is -0.379 e. The molecule has 4 heterocycles. The average Bonchev–Trinajstić information content (AvgIpc) is 3.42. The first-order chi connectivity index (χ1) is 15.5. The Bertz CT molecular complexity index is 1120. The number of morpholine rings is 1. The number of aromatic nitrogens is 1. The molecule has 0 bridgehead atoms. The molecule has 0 atom stereocenters. The van der Waals surface area contributed by atoms with Crippen LogP contribution in [0.15, 0.2) is 30.5 Å². The summed E-state index contributed by atoms with van der Waals surface area (Å²) < 4.78 is 5.40. The van der Waals surface area contributed by atoms with Gasteiger partial charge >= 0.3 is 6.03 Å². The summed E-state index contributed by atoms with van der Waals surface area (Å²) in [5.41, 5.74) is 4.84. The van der Waals surface area contributed by atoms with E-state index >= 15 is 0 Å². The molecule has 2 N–H and O–H groups in total. The number of likely N-dealkylation sites (N-methyl/N-ethyl adjacent to an activating group) is 1. The number of carbonyl (C=O) groups excluding carboxylic acids is 3. The number of carbonyl (C=O) groups is 3. The molecule has 10 heteroatoms. The lowest BCUT2D eigenvalue weighted by molar-refractivity contribution is -0.125. The summed E-state index contributed by atoms with van der Waals surface area (Å²) in [6, 6.07) is 7.26. The van der Waals surface area contributed by atoms with Crippen molar-refractivity contribution in [2.45, 2.75) is 13.1 Å². The quantitative estimate of drug-likeness (QED) is 0.514. The lowest BCUT2D eigenvalue weighted by Crippen LogP contribution is -2.35. The third-order valence-corrected chi connectivity index (χ3v) is 6.01. The third kappa shape index (κ3) is 4.66. The predicted molar refractivity (Wildman–Crippen MR) is 126 cm³/mol. The molecule has 1 aromatic carbocycles. The predicted octanol–water partition coefficient (Wildman–Crippen LogP) is 2.16. The molecule has 0 radical (unpaired) electrons. The van der Waals surface area contributed by atoms with E-state index in [4.69, 9.17) is 4.74 Å². The molecule has 2 aromatic rings. The molecule has 0 spiro atoms. The highest BCUT2D eigenvalue weighted by Gasteiger charge is 2.34. The molecular weight excluding hydrogens is 446 g/mol. The van der Waals surface area contributed by atoms with Gasteiger partial charge in [0.15, 0.2) is 0 Å². The normalized spacial score (nSPS) is 19.8. The second-order valence-corrected chi connectivity index (χ2v) is 8.36. The molecule has 3 aliphatic heterocycles. The zero-order chi connectivity index (χ0) is 22.2. The number of hydrogen-bond donors (Lipinski definition) is 2. The average molecular weight is 472 g/mol. The van der Waals surface area contributed by atoms with Crippen LogP contribution in [0.5, 0.6) is 0 Å². The number of fused-ring (bicyclic) bond motifs is 1. The SMILES string of the molecule is CN1CC(=O)N(Cc2ccc3c(c2)/C(=C/c2cc(CN4CCOCC4)c[nH]2)C(=O)N3)C1=O.Cl. The molecule has 3 aliphatic rings. The van der Waals surface area contributed by atoms with E-state index in [1.807, 2.05) is 30.5 Å². The van der Waals surface area contributed by atoms with E-state index in [1.165, 1.54) is 9.80 Å². The number of halogens is 1. The van der Waals surface area contributed by atoms with Crippen molar-refractivity contribution in [3.8, 4) is 0 Å². The maximum Gasteiger partial charge on any atom is 0.327 e. The number of anilines is 1. The highest BCUT2D eigenvalue weighted by molar-refractivity contribution is 6.34. The molecule has 4 amide bonds. The third-order valence-electron chi connectivity index (χ3n) is 6.01. The smallest absolute Gasteiger partial charge is 0.327 e. The Balaban J connectivity index is 0.00000259. The van der Waals surface area contributed by atoms with Crippen molar-refractivity contribution >= 4 is 47.6 Å². The molecule has 5 rings (SSSR count).